The van der Waals surface area contributed by atoms with Crippen LogP contribution < -0.4 is 5.32 Å². The number of thiazole rings is 1. The molecule has 3 aromatic carbocycles. The molecule has 1 amide bonds. The number of nitrogens with one attached hydrogen (secondary N) is 1. The van der Waals surface area contributed by atoms with Crippen molar-refractivity contribution in [3.8, 4) is 10.6 Å². The maximum atomic E-state index is 12.9. The molecule has 0 unspecified atom stereocenters. The highest BCUT2D eigenvalue weighted by molar-refractivity contribution is 7.89. The molecule has 0 spiro atoms. The molecule has 0 aliphatic carbocycles. The molecule has 6 nitrogen and oxygen atoms in total. The van der Waals surface area contributed by atoms with Gasteiger partial charge in [-0.2, -0.15) is 4.31 Å². The SMILES string of the molecule is CCCCN(CC)S(=O)(=O)c1ccc(C(=O)Nc2cccc(-c3nc4ccccc4s3)c2)cc1. The number of anilines is 1. The Bertz CT molecular complexity index is 1360. The van der Waals surface area contributed by atoms with Gasteiger partial charge < -0.3 is 5.32 Å². The summed E-state index contributed by atoms with van der Waals surface area (Å²) < 4.78 is 28.4. The number of nitrogens with zero attached hydrogens (tertiary/aromatic N) is 2. The van der Waals surface area contributed by atoms with Gasteiger partial charge in [-0.25, -0.2) is 13.4 Å². The van der Waals surface area contributed by atoms with E-state index in [2.05, 4.69) is 10.3 Å². The van der Waals surface area contributed by atoms with Gasteiger partial charge in [-0.05, 0) is 55.0 Å². The molecular formula is C26H27N3O3S2. The number of sulfonamides is 1. The summed E-state index contributed by atoms with van der Waals surface area (Å²) in [7, 11) is -3.58. The van der Waals surface area contributed by atoms with Crippen molar-refractivity contribution in [1.82, 2.24) is 9.29 Å². The Kier molecular flexibility index (Phi) is 7.41. The zero-order valence-electron chi connectivity index (χ0n) is 19.2. The lowest BCUT2D eigenvalue weighted by atomic mass is 10.2. The van der Waals surface area contributed by atoms with E-state index in [9.17, 15) is 13.2 Å². The molecule has 1 aromatic heterocycles. The lowest BCUT2D eigenvalue weighted by Gasteiger charge is -2.20. The highest BCUT2D eigenvalue weighted by atomic mass is 32.2. The van der Waals surface area contributed by atoms with Gasteiger partial charge in [0.25, 0.3) is 5.91 Å². The standard InChI is InChI=1S/C26H27N3O3S2/c1-3-5-17-29(4-2)34(31,32)22-15-13-19(14-16-22)25(30)27-21-10-8-9-20(18-21)26-28-23-11-6-7-12-24(23)33-26/h6-16,18H,3-5,17H2,1-2H3,(H,27,30). The van der Waals surface area contributed by atoms with Crippen molar-refractivity contribution in [1.29, 1.82) is 0 Å². The summed E-state index contributed by atoms with van der Waals surface area (Å²) in [5, 5.41) is 3.78. The minimum atomic E-state index is -3.58. The van der Waals surface area contributed by atoms with Crippen LogP contribution in [0.4, 0.5) is 5.69 Å². The third-order valence-electron chi connectivity index (χ3n) is 5.53. The van der Waals surface area contributed by atoms with Crippen LogP contribution >= 0.6 is 11.3 Å². The smallest absolute Gasteiger partial charge is 0.255 e. The van der Waals surface area contributed by atoms with Crippen LogP contribution in [0, 0.1) is 0 Å². The Labute approximate surface area is 204 Å². The van der Waals surface area contributed by atoms with E-state index < -0.39 is 10.0 Å². The number of benzene rings is 3. The number of rotatable bonds is 9. The number of para-hydroxylation sites is 1. The summed E-state index contributed by atoms with van der Waals surface area (Å²) in [6.07, 6.45) is 1.73. The Hall–Kier alpha value is -3.07. The first-order chi connectivity index (χ1) is 16.4. The molecule has 4 aromatic rings. The predicted octanol–water partition coefficient (Wildman–Crippen LogP) is 6.03. The van der Waals surface area contributed by atoms with Crippen molar-refractivity contribution in [2.45, 2.75) is 31.6 Å². The molecular weight excluding hydrogens is 466 g/mol. The second-order valence-electron chi connectivity index (χ2n) is 7.90. The maximum Gasteiger partial charge on any atom is 0.255 e. The molecule has 0 atom stereocenters. The fourth-order valence-electron chi connectivity index (χ4n) is 3.64. The van der Waals surface area contributed by atoms with Crippen LogP contribution in [-0.4, -0.2) is 36.7 Å². The van der Waals surface area contributed by atoms with Crippen LogP contribution in [0.1, 0.15) is 37.0 Å². The number of carbonyl (C=O) groups is 1. The van der Waals surface area contributed by atoms with Gasteiger partial charge in [-0.15, -0.1) is 11.3 Å². The van der Waals surface area contributed by atoms with Gasteiger partial charge in [0, 0.05) is 29.9 Å². The van der Waals surface area contributed by atoms with Crippen molar-refractivity contribution in [2.24, 2.45) is 0 Å². The molecule has 8 heteroatoms. The first-order valence-corrected chi connectivity index (χ1v) is 13.6. The molecule has 176 valence electrons. The number of hydrogen-bond acceptors (Lipinski definition) is 5. The Morgan fingerprint density at radius 1 is 1.00 bits per heavy atom. The van der Waals surface area contributed by atoms with Gasteiger partial charge >= 0.3 is 0 Å². The average molecular weight is 494 g/mol. The molecule has 1 heterocycles. The Balaban J connectivity index is 1.49. The quantitative estimate of drug-likeness (QED) is 0.309. The Morgan fingerprint density at radius 3 is 2.47 bits per heavy atom. The minimum absolute atomic E-state index is 0.194. The van der Waals surface area contributed by atoms with Crippen LogP contribution in [0.2, 0.25) is 0 Å². The first kappa shape index (κ1) is 24.1. The summed E-state index contributed by atoms with van der Waals surface area (Å²) in [5.74, 6) is -0.302. The molecule has 0 radical (unpaired) electrons. The normalized spacial score (nSPS) is 11.7. The van der Waals surface area contributed by atoms with Crippen molar-refractivity contribution >= 4 is 43.2 Å². The van der Waals surface area contributed by atoms with E-state index in [1.807, 2.05) is 62.4 Å². The highest BCUT2D eigenvalue weighted by Crippen LogP contribution is 2.31. The van der Waals surface area contributed by atoms with E-state index in [4.69, 9.17) is 0 Å². The largest absolute Gasteiger partial charge is 0.322 e. The third-order valence-corrected chi connectivity index (χ3v) is 8.60. The van der Waals surface area contributed by atoms with Crippen molar-refractivity contribution in [3.05, 3.63) is 78.4 Å². The molecule has 0 saturated heterocycles. The summed E-state index contributed by atoms with van der Waals surface area (Å²) in [6, 6.07) is 21.6. The molecule has 0 aliphatic heterocycles. The molecule has 0 bridgehead atoms. The van der Waals surface area contributed by atoms with Gasteiger partial charge in [-0.3, -0.25) is 4.79 Å². The average Bonchev–Trinajstić information content (AvgIpc) is 3.29. The monoisotopic (exact) mass is 493 g/mol. The van der Waals surface area contributed by atoms with Gasteiger partial charge in [-0.1, -0.05) is 44.5 Å². The lowest BCUT2D eigenvalue weighted by molar-refractivity contribution is 0.102. The van der Waals surface area contributed by atoms with Crippen LogP contribution in [0.25, 0.3) is 20.8 Å². The highest BCUT2D eigenvalue weighted by Gasteiger charge is 2.22. The van der Waals surface area contributed by atoms with Gasteiger partial charge in [0.05, 0.1) is 15.1 Å². The first-order valence-electron chi connectivity index (χ1n) is 11.3. The fourth-order valence-corrected chi connectivity index (χ4v) is 6.09. The van der Waals surface area contributed by atoms with Crippen molar-refractivity contribution in [3.63, 3.8) is 0 Å². The lowest BCUT2D eigenvalue weighted by Crippen LogP contribution is -2.31. The minimum Gasteiger partial charge on any atom is -0.322 e. The summed E-state index contributed by atoms with van der Waals surface area (Å²) in [5.41, 5.74) is 2.91. The van der Waals surface area contributed by atoms with Crippen LogP contribution in [0.15, 0.2) is 77.7 Å². The van der Waals surface area contributed by atoms with E-state index in [-0.39, 0.29) is 10.8 Å². The van der Waals surface area contributed by atoms with E-state index in [0.717, 1.165) is 33.6 Å². The predicted molar refractivity (Wildman–Crippen MR) is 139 cm³/mol. The zero-order valence-corrected chi connectivity index (χ0v) is 20.8. The van der Waals surface area contributed by atoms with Gasteiger partial charge in [0.1, 0.15) is 5.01 Å². The molecule has 34 heavy (non-hydrogen) atoms. The van der Waals surface area contributed by atoms with E-state index in [0.29, 0.717) is 24.3 Å². The second kappa shape index (κ2) is 10.5. The second-order valence-corrected chi connectivity index (χ2v) is 10.9. The van der Waals surface area contributed by atoms with Crippen molar-refractivity contribution < 1.29 is 13.2 Å². The number of amides is 1. The van der Waals surface area contributed by atoms with Crippen LogP contribution in [0.3, 0.4) is 0 Å². The fraction of sp³-hybridized carbons (Fsp3) is 0.231. The van der Waals surface area contributed by atoms with Gasteiger partial charge in [0.2, 0.25) is 10.0 Å². The molecule has 0 fully saturated rings. The number of aromatic nitrogens is 1. The summed E-state index contributed by atoms with van der Waals surface area (Å²) in [4.78, 5) is 17.7. The zero-order chi connectivity index (χ0) is 24.1. The van der Waals surface area contributed by atoms with E-state index in [1.54, 1.807) is 23.5 Å². The number of unbranched alkanes of at least 4 members (excludes halogenated alkanes) is 1. The summed E-state index contributed by atoms with van der Waals surface area (Å²) >= 11 is 1.60. The van der Waals surface area contributed by atoms with E-state index in [1.165, 1.54) is 16.4 Å². The maximum absolute atomic E-state index is 12.9. The number of fused-ring (bicyclic) bond motifs is 1. The molecule has 4 rings (SSSR count). The molecule has 0 saturated carbocycles. The van der Waals surface area contributed by atoms with Gasteiger partial charge in [0.15, 0.2) is 0 Å². The van der Waals surface area contributed by atoms with Crippen molar-refractivity contribution in [2.75, 3.05) is 18.4 Å². The molecule has 0 aliphatic rings. The number of carbonyl (C=O) groups excluding carboxylic acids is 1. The van der Waals surface area contributed by atoms with Crippen LogP contribution in [-0.2, 0) is 10.0 Å². The molecule has 1 N–H and O–H groups in total. The topological polar surface area (TPSA) is 79.4 Å². The third kappa shape index (κ3) is 5.19. The summed E-state index contributed by atoms with van der Waals surface area (Å²) in [6.45, 7) is 4.76. The van der Waals surface area contributed by atoms with E-state index >= 15 is 0 Å². The Morgan fingerprint density at radius 2 is 1.76 bits per heavy atom. The van der Waals surface area contributed by atoms with Crippen LogP contribution in [0.5, 0.6) is 0 Å². The number of hydrogen-bond donors (Lipinski definition) is 1.